The Labute approximate surface area is 103 Å². The number of nitrogens with zero attached hydrogens (tertiary/aromatic N) is 1. The summed E-state index contributed by atoms with van der Waals surface area (Å²) >= 11 is 0. The van der Waals surface area contributed by atoms with Crippen LogP contribution in [0.3, 0.4) is 0 Å². The van der Waals surface area contributed by atoms with Crippen molar-refractivity contribution in [2.75, 3.05) is 7.11 Å². The lowest BCUT2D eigenvalue weighted by Gasteiger charge is -2.30. The van der Waals surface area contributed by atoms with Crippen molar-refractivity contribution in [1.82, 2.24) is 4.98 Å². The van der Waals surface area contributed by atoms with Crippen LogP contribution in [-0.4, -0.2) is 17.2 Å². The molecule has 1 aliphatic carbocycles. The van der Waals surface area contributed by atoms with E-state index < -0.39 is 6.10 Å². The Kier molecular flexibility index (Phi) is 4.00. The van der Waals surface area contributed by atoms with Gasteiger partial charge < -0.3 is 9.84 Å². The lowest BCUT2D eigenvalue weighted by Crippen LogP contribution is -2.21. The van der Waals surface area contributed by atoms with Crippen LogP contribution in [0.25, 0.3) is 0 Å². The molecule has 0 radical (unpaired) electrons. The molecule has 1 aromatic rings. The summed E-state index contributed by atoms with van der Waals surface area (Å²) in [4.78, 5) is 4.27. The van der Waals surface area contributed by atoms with Gasteiger partial charge in [0.2, 0.25) is 0 Å². The molecule has 94 valence electrons. The molecule has 1 saturated carbocycles. The molecule has 3 atom stereocenters. The first-order valence-electron chi connectivity index (χ1n) is 6.39. The van der Waals surface area contributed by atoms with Gasteiger partial charge in [0.1, 0.15) is 17.5 Å². The number of rotatable bonds is 3. The molecule has 2 rings (SSSR count). The molecule has 0 amide bonds. The number of aliphatic hydroxyl groups excluding tert-OH is 1. The van der Waals surface area contributed by atoms with Gasteiger partial charge in [0.25, 0.3) is 0 Å². The number of methoxy groups -OCH3 is 1. The van der Waals surface area contributed by atoms with Crippen molar-refractivity contribution in [2.24, 2.45) is 11.8 Å². The third-order valence-electron chi connectivity index (χ3n) is 3.72. The van der Waals surface area contributed by atoms with Crippen molar-refractivity contribution in [2.45, 2.75) is 38.7 Å². The molecule has 17 heavy (non-hydrogen) atoms. The zero-order chi connectivity index (χ0) is 12.3. The van der Waals surface area contributed by atoms with Gasteiger partial charge in [-0.3, -0.25) is 4.98 Å². The largest absolute Gasteiger partial charge is 0.495 e. The molecule has 0 bridgehead atoms. The Bertz CT molecular complexity index is 367. The lowest BCUT2D eigenvalue weighted by atomic mass is 9.78. The highest BCUT2D eigenvalue weighted by Gasteiger charge is 2.28. The van der Waals surface area contributed by atoms with Crippen molar-refractivity contribution in [3.05, 3.63) is 24.0 Å². The molecular formula is C14H21NO2. The van der Waals surface area contributed by atoms with Crippen molar-refractivity contribution >= 4 is 0 Å². The molecule has 1 fully saturated rings. The van der Waals surface area contributed by atoms with E-state index in [9.17, 15) is 5.11 Å². The third kappa shape index (κ3) is 2.78. The van der Waals surface area contributed by atoms with E-state index in [2.05, 4.69) is 11.9 Å². The summed E-state index contributed by atoms with van der Waals surface area (Å²) in [5.74, 6) is 1.72. The normalized spacial score (nSPS) is 26.5. The molecule has 0 aliphatic heterocycles. The van der Waals surface area contributed by atoms with E-state index in [0.29, 0.717) is 23.3 Å². The summed E-state index contributed by atoms with van der Waals surface area (Å²) in [6.07, 6.45) is 5.88. The first-order valence-corrected chi connectivity index (χ1v) is 6.39. The molecular weight excluding hydrogens is 214 g/mol. The first kappa shape index (κ1) is 12.4. The number of pyridine rings is 1. The molecule has 3 heteroatoms. The average molecular weight is 235 g/mol. The van der Waals surface area contributed by atoms with E-state index in [1.807, 2.05) is 12.1 Å². The fourth-order valence-corrected chi connectivity index (χ4v) is 2.79. The molecule has 1 aliphatic rings. The first-order chi connectivity index (χ1) is 8.22. The fourth-order valence-electron chi connectivity index (χ4n) is 2.79. The van der Waals surface area contributed by atoms with E-state index in [4.69, 9.17) is 4.74 Å². The second kappa shape index (κ2) is 5.50. The summed E-state index contributed by atoms with van der Waals surface area (Å²) in [5.41, 5.74) is 0.689. The van der Waals surface area contributed by atoms with E-state index in [0.717, 1.165) is 12.8 Å². The van der Waals surface area contributed by atoms with Crippen LogP contribution < -0.4 is 4.74 Å². The van der Waals surface area contributed by atoms with Crippen LogP contribution >= 0.6 is 0 Å². The minimum Gasteiger partial charge on any atom is -0.495 e. The molecule has 3 nitrogen and oxygen atoms in total. The highest BCUT2D eigenvalue weighted by Crippen LogP contribution is 2.38. The smallest absolute Gasteiger partial charge is 0.143 e. The molecule has 0 aromatic carbocycles. The van der Waals surface area contributed by atoms with Crippen molar-refractivity contribution < 1.29 is 9.84 Å². The van der Waals surface area contributed by atoms with E-state index in [1.54, 1.807) is 13.3 Å². The van der Waals surface area contributed by atoms with Crippen LogP contribution in [0.15, 0.2) is 18.3 Å². The Morgan fingerprint density at radius 1 is 1.47 bits per heavy atom. The second-order valence-electron chi connectivity index (χ2n) is 5.07. The summed E-state index contributed by atoms with van der Waals surface area (Å²) in [6.45, 7) is 2.26. The Hall–Kier alpha value is -1.09. The monoisotopic (exact) mass is 235 g/mol. The Morgan fingerprint density at radius 3 is 3.00 bits per heavy atom. The fraction of sp³-hybridized carbons (Fsp3) is 0.643. The minimum absolute atomic E-state index is 0.322. The van der Waals surface area contributed by atoms with Gasteiger partial charge in [0.15, 0.2) is 0 Å². The SMILES string of the molecule is COc1cccnc1C(O)C1CCCC(C)C1. The molecule has 3 unspecified atom stereocenters. The van der Waals surface area contributed by atoms with Crippen LogP contribution in [0.4, 0.5) is 0 Å². The van der Waals surface area contributed by atoms with E-state index in [1.165, 1.54) is 12.8 Å². The third-order valence-corrected chi connectivity index (χ3v) is 3.72. The lowest BCUT2D eigenvalue weighted by molar-refractivity contribution is 0.0658. The quantitative estimate of drug-likeness (QED) is 0.875. The minimum atomic E-state index is -0.492. The van der Waals surface area contributed by atoms with E-state index in [-0.39, 0.29) is 0 Å². The van der Waals surface area contributed by atoms with Crippen LogP contribution in [0.5, 0.6) is 5.75 Å². The van der Waals surface area contributed by atoms with Gasteiger partial charge in [-0.2, -0.15) is 0 Å². The standard InChI is InChI=1S/C14H21NO2/c1-10-5-3-6-11(9-10)14(16)13-12(17-2)7-4-8-15-13/h4,7-8,10-11,14,16H,3,5-6,9H2,1-2H3. The van der Waals surface area contributed by atoms with Gasteiger partial charge in [0.05, 0.1) is 7.11 Å². The highest BCUT2D eigenvalue weighted by molar-refractivity contribution is 5.28. The zero-order valence-electron chi connectivity index (χ0n) is 10.6. The number of aliphatic hydroxyl groups is 1. The molecule has 1 aromatic heterocycles. The van der Waals surface area contributed by atoms with Crippen molar-refractivity contribution in [3.63, 3.8) is 0 Å². The van der Waals surface area contributed by atoms with Gasteiger partial charge in [-0.15, -0.1) is 0 Å². The highest BCUT2D eigenvalue weighted by atomic mass is 16.5. The van der Waals surface area contributed by atoms with Crippen LogP contribution in [-0.2, 0) is 0 Å². The van der Waals surface area contributed by atoms with Gasteiger partial charge in [-0.25, -0.2) is 0 Å². The predicted molar refractivity (Wildman–Crippen MR) is 66.9 cm³/mol. The summed E-state index contributed by atoms with van der Waals surface area (Å²) in [6, 6.07) is 3.69. The van der Waals surface area contributed by atoms with Crippen LogP contribution in [0.2, 0.25) is 0 Å². The maximum atomic E-state index is 10.4. The van der Waals surface area contributed by atoms with Gasteiger partial charge >= 0.3 is 0 Å². The Balaban J connectivity index is 2.15. The second-order valence-corrected chi connectivity index (χ2v) is 5.07. The van der Waals surface area contributed by atoms with Gasteiger partial charge in [0, 0.05) is 6.20 Å². The summed E-state index contributed by atoms with van der Waals surface area (Å²) in [7, 11) is 1.62. The Morgan fingerprint density at radius 2 is 2.29 bits per heavy atom. The molecule has 1 heterocycles. The number of ether oxygens (including phenoxy) is 1. The van der Waals surface area contributed by atoms with Crippen LogP contribution in [0, 0.1) is 11.8 Å². The maximum Gasteiger partial charge on any atom is 0.143 e. The number of hydrogen-bond acceptors (Lipinski definition) is 3. The zero-order valence-corrected chi connectivity index (χ0v) is 10.6. The average Bonchev–Trinajstić information content (AvgIpc) is 2.38. The topological polar surface area (TPSA) is 42.4 Å². The molecule has 0 saturated heterocycles. The number of hydrogen-bond donors (Lipinski definition) is 1. The van der Waals surface area contributed by atoms with Gasteiger partial charge in [-0.1, -0.05) is 19.8 Å². The number of aromatic nitrogens is 1. The maximum absolute atomic E-state index is 10.4. The van der Waals surface area contributed by atoms with Gasteiger partial charge in [-0.05, 0) is 36.8 Å². The molecule has 1 N–H and O–H groups in total. The summed E-state index contributed by atoms with van der Waals surface area (Å²) in [5, 5.41) is 10.4. The molecule has 0 spiro atoms. The van der Waals surface area contributed by atoms with E-state index >= 15 is 0 Å². The van der Waals surface area contributed by atoms with Crippen LogP contribution in [0.1, 0.15) is 44.4 Å². The predicted octanol–water partition coefficient (Wildman–Crippen LogP) is 2.95. The van der Waals surface area contributed by atoms with Crippen molar-refractivity contribution in [1.29, 1.82) is 0 Å². The summed E-state index contributed by atoms with van der Waals surface area (Å²) < 4.78 is 5.26. The van der Waals surface area contributed by atoms with Crippen molar-refractivity contribution in [3.8, 4) is 5.75 Å².